The first-order chi connectivity index (χ1) is 18.2. The highest BCUT2D eigenvalue weighted by Gasteiger charge is 2.21. The summed E-state index contributed by atoms with van der Waals surface area (Å²) in [5.74, 6) is 1.97. The van der Waals surface area contributed by atoms with E-state index in [1.807, 2.05) is 72.8 Å². The fraction of sp³-hybridized carbons (Fsp3) is 0.214. The van der Waals surface area contributed by atoms with Gasteiger partial charge in [0, 0.05) is 22.1 Å². The van der Waals surface area contributed by atoms with Gasteiger partial charge in [0.25, 0.3) is 0 Å². The van der Waals surface area contributed by atoms with E-state index in [1.54, 1.807) is 11.6 Å². The summed E-state index contributed by atoms with van der Waals surface area (Å²) in [5.41, 5.74) is 3.07. The molecule has 37 heavy (non-hydrogen) atoms. The molecular formula is C28H27N7O2. The van der Waals surface area contributed by atoms with Crippen LogP contribution >= 0.6 is 0 Å². The Hall–Kier alpha value is -4.50. The van der Waals surface area contributed by atoms with Gasteiger partial charge < -0.3 is 20.7 Å². The average Bonchev–Trinajstić information content (AvgIpc) is 3.38. The van der Waals surface area contributed by atoms with Crippen LogP contribution in [0.15, 0.2) is 72.8 Å². The number of nitrogens with one attached hydrogen (secondary N) is 3. The van der Waals surface area contributed by atoms with E-state index < -0.39 is 0 Å². The number of rotatable bonds is 6. The number of nitrogens with zero attached hydrogens (tertiary/aromatic N) is 4. The van der Waals surface area contributed by atoms with Crippen LogP contribution in [0.1, 0.15) is 19.3 Å². The fourth-order valence-electron chi connectivity index (χ4n) is 4.75. The van der Waals surface area contributed by atoms with Crippen LogP contribution in [0.3, 0.4) is 0 Å². The van der Waals surface area contributed by atoms with Crippen molar-refractivity contribution in [2.24, 2.45) is 0 Å². The van der Waals surface area contributed by atoms with Crippen molar-refractivity contribution in [3.05, 3.63) is 72.8 Å². The van der Waals surface area contributed by atoms with Gasteiger partial charge in [-0.05, 0) is 55.8 Å². The summed E-state index contributed by atoms with van der Waals surface area (Å²) in [6.07, 6.45) is 3.06. The zero-order chi connectivity index (χ0) is 25.2. The molecule has 0 spiro atoms. The second-order valence-corrected chi connectivity index (χ2v) is 9.05. The Morgan fingerprint density at radius 3 is 2.49 bits per heavy atom. The largest absolute Gasteiger partial charge is 0.496 e. The molecule has 0 saturated carbocycles. The Morgan fingerprint density at radius 2 is 1.70 bits per heavy atom. The number of ether oxygens (including phenoxy) is 1. The number of carbonyl (C=O) groups excluding carboxylic acids is 1. The Balaban J connectivity index is 1.33. The number of hydrogen-bond acceptors (Lipinski definition) is 7. The van der Waals surface area contributed by atoms with Crippen molar-refractivity contribution in [2.45, 2.75) is 25.3 Å². The Morgan fingerprint density at radius 1 is 0.946 bits per heavy atom. The lowest BCUT2D eigenvalue weighted by Crippen LogP contribution is -2.43. The van der Waals surface area contributed by atoms with Gasteiger partial charge in [-0.15, -0.1) is 15.3 Å². The minimum Gasteiger partial charge on any atom is -0.496 e. The smallest absolute Gasteiger partial charge is 0.241 e. The maximum Gasteiger partial charge on any atom is 0.241 e. The molecule has 0 radical (unpaired) electrons. The molecule has 1 atom stereocenters. The van der Waals surface area contributed by atoms with Crippen LogP contribution in [-0.2, 0) is 4.79 Å². The highest BCUT2D eigenvalue weighted by molar-refractivity contribution is 6.01. The van der Waals surface area contributed by atoms with Crippen molar-refractivity contribution in [1.82, 2.24) is 25.1 Å². The van der Waals surface area contributed by atoms with Crippen molar-refractivity contribution in [3.8, 4) is 17.1 Å². The number of para-hydroxylation sites is 1. The molecule has 3 N–H and O–H groups in total. The fourth-order valence-corrected chi connectivity index (χ4v) is 4.75. The third-order valence-electron chi connectivity index (χ3n) is 6.65. The molecule has 6 rings (SSSR count). The number of aromatic nitrogens is 4. The van der Waals surface area contributed by atoms with Crippen molar-refractivity contribution >= 4 is 39.5 Å². The van der Waals surface area contributed by atoms with Crippen LogP contribution < -0.4 is 20.7 Å². The van der Waals surface area contributed by atoms with Crippen LogP contribution in [0.25, 0.3) is 27.8 Å². The quantitative estimate of drug-likeness (QED) is 0.313. The lowest BCUT2D eigenvalue weighted by molar-refractivity contribution is -0.118. The molecule has 9 nitrogen and oxygen atoms in total. The summed E-state index contributed by atoms with van der Waals surface area (Å²) in [5, 5.41) is 25.4. The molecule has 1 aliphatic rings. The number of benzene rings is 3. The molecule has 2 aromatic heterocycles. The number of methoxy groups -OCH3 is 1. The van der Waals surface area contributed by atoms with Crippen molar-refractivity contribution in [1.29, 1.82) is 0 Å². The maximum atomic E-state index is 12.6. The first kappa shape index (κ1) is 22.9. The molecule has 5 aromatic rings. The topological polar surface area (TPSA) is 105 Å². The van der Waals surface area contributed by atoms with Crippen LogP contribution in [0, 0.1) is 0 Å². The minimum absolute atomic E-state index is 0.00926. The van der Waals surface area contributed by atoms with E-state index in [-0.39, 0.29) is 11.9 Å². The summed E-state index contributed by atoms with van der Waals surface area (Å²) in [7, 11) is 1.63. The van der Waals surface area contributed by atoms with Gasteiger partial charge in [-0.3, -0.25) is 4.79 Å². The predicted octanol–water partition coefficient (Wildman–Crippen LogP) is 4.78. The summed E-state index contributed by atoms with van der Waals surface area (Å²) >= 11 is 0. The van der Waals surface area contributed by atoms with Crippen LogP contribution in [0.2, 0.25) is 0 Å². The molecule has 0 aliphatic carbocycles. The SMILES string of the molecule is COc1ccccc1-c1nnc2c3ccccc3c(Nc3ccc(NC(=O)C4CCCCN4)cc3)nn12. The summed E-state index contributed by atoms with van der Waals surface area (Å²) in [4.78, 5) is 12.6. The van der Waals surface area contributed by atoms with Crippen LogP contribution in [0.5, 0.6) is 5.75 Å². The number of anilines is 3. The van der Waals surface area contributed by atoms with Crippen molar-refractivity contribution < 1.29 is 9.53 Å². The highest BCUT2D eigenvalue weighted by atomic mass is 16.5. The Kier molecular flexibility index (Phi) is 6.11. The molecule has 1 fully saturated rings. The van der Waals surface area contributed by atoms with Crippen molar-refractivity contribution in [2.75, 3.05) is 24.3 Å². The van der Waals surface area contributed by atoms with Gasteiger partial charge in [-0.1, -0.05) is 42.8 Å². The summed E-state index contributed by atoms with van der Waals surface area (Å²) in [6, 6.07) is 23.2. The summed E-state index contributed by atoms with van der Waals surface area (Å²) < 4.78 is 7.29. The Labute approximate surface area is 213 Å². The number of amides is 1. The molecule has 0 bridgehead atoms. The van der Waals surface area contributed by atoms with Crippen molar-refractivity contribution in [3.63, 3.8) is 0 Å². The molecule has 186 valence electrons. The zero-order valence-electron chi connectivity index (χ0n) is 20.4. The molecule has 3 heterocycles. The van der Waals surface area contributed by atoms with Gasteiger partial charge >= 0.3 is 0 Å². The minimum atomic E-state index is -0.130. The van der Waals surface area contributed by atoms with E-state index in [0.717, 1.165) is 53.5 Å². The second kappa shape index (κ2) is 9.87. The standard InChI is InChI=1S/C28H27N7O2/c1-37-24-12-5-4-10-22(24)27-33-32-26-21-9-3-2-8-20(21)25(34-35(26)27)30-18-13-15-19(16-14-18)31-28(36)23-11-6-7-17-29-23/h2-5,8-10,12-16,23,29H,6-7,11,17H2,1H3,(H,30,34)(H,31,36). The van der Waals surface area contributed by atoms with Gasteiger partial charge in [0.05, 0.1) is 18.7 Å². The van der Waals surface area contributed by atoms with Gasteiger partial charge in [0.1, 0.15) is 5.75 Å². The highest BCUT2D eigenvalue weighted by Crippen LogP contribution is 2.32. The van der Waals surface area contributed by atoms with Crippen LogP contribution in [-0.4, -0.2) is 45.4 Å². The summed E-state index contributed by atoms with van der Waals surface area (Å²) in [6.45, 7) is 0.886. The monoisotopic (exact) mass is 493 g/mol. The lowest BCUT2D eigenvalue weighted by Gasteiger charge is -2.22. The van der Waals surface area contributed by atoms with E-state index in [4.69, 9.17) is 9.84 Å². The number of piperidine rings is 1. The van der Waals surface area contributed by atoms with E-state index in [0.29, 0.717) is 23.0 Å². The van der Waals surface area contributed by atoms with E-state index in [1.165, 1.54) is 0 Å². The molecule has 3 aromatic carbocycles. The molecule has 1 amide bonds. The van der Waals surface area contributed by atoms with E-state index in [9.17, 15) is 4.79 Å². The van der Waals surface area contributed by atoms with E-state index >= 15 is 0 Å². The molecule has 1 unspecified atom stereocenters. The second-order valence-electron chi connectivity index (χ2n) is 9.05. The molecular weight excluding hydrogens is 466 g/mol. The third-order valence-corrected chi connectivity index (χ3v) is 6.65. The first-order valence-electron chi connectivity index (χ1n) is 12.4. The zero-order valence-corrected chi connectivity index (χ0v) is 20.4. The van der Waals surface area contributed by atoms with Gasteiger partial charge in [0.15, 0.2) is 17.3 Å². The molecule has 1 saturated heterocycles. The first-order valence-corrected chi connectivity index (χ1v) is 12.4. The predicted molar refractivity (Wildman–Crippen MR) is 144 cm³/mol. The third kappa shape index (κ3) is 4.45. The normalized spacial score (nSPS) is 15.5. The number of fused-ring (bicyclic) bond motifs is 3. The van der Waals surface area contributed by atoms with Gasteiger partial charge in [-0.2, -0.15) is 4.52 Å². The number of carbonyl (C=O) groups is 1. The average molecular weight is 494 g/mol. The van der Waals surface area contributed by atoms with E-state index in [2.05, 4.69) is 26.1 Å². The van der Waals surface area contributed by atoms with Crippen LogP contribution in [0.4, 0.5) is 17.2 Å². The maximum absolute atomic E-state index is 12.6. The molecule has 1 aliphatic heterocycles. The van der Waals surface area contributed by atoms with Gasteiger partial charge in [0.2, 0.25) is 5.91 Å². The number of hydrogen-bond donors (Lipinski definition) is 3. The molecule has 9 heteroatoms. The van der Waals surface area contributed by atoms with Gasteiger partial charge in [-0.25, -0.2) is 0 Å². The lowest BCUT2D eigenvalue weighted by atomic mass is 10.0. The Bertz CT molecular complexity index is 1570.